The molecule has 0 saturated carbocycles. The molecule has 0 atom stereocenters. The molecule has 4 amide bonds. The van der Waals surface area contributed by atoms with Crippen LogP contribution in [0.5, 0.6) is 0 Å². The lowest BCUT2D eigenvalue weighted by Crippen LogP contribution is -2.33. The maximum absolute atomic E-state index is 13.7. The number of alkyl halides is 3. The highest BCUT2D eigenvalue weighted by molar-refractivity contribution is 6.04. The number of rotatable bonds is 15. The van der Waals surface area contributed by atoms with Crippen molar-refractivity contribution in [2.45, 2.75) is 77.3 Å². The minimum atomic E-state index is -4.58. The molecule has 0 unspecified atom stereocenters. The molecule has 21 heteroatoms. The average Bonchev–Trinajstić information content (AvgIpc) is 3.35. The van der Waals surface area contributed by atoms with Gasteiger partial charge in [0.1, 0.15) is 0 Å². The first kappa shape index (κ1) is 60.2. The molecule has 14 nitrogen and oxygen atoms in total. The summed E-state index contributed by atoms with van der Waals surface area (Å²) in [7, 11) is 4.01. The maximum atomic E-state index is 13.7. The monoisotopic (exact) mass is 1030 g/mol. The summed E-state index contributed by atoms with van der Waals surface area (Å²) in [6.07, 6.45) is 5.19. The Morgan fingerprint density at radius 2 is 1.07 bits per heavy atom. The van der Waals surface area contributed by atoms with E-state index in [1.54, 1.807) is 36.4 Å². The Hall–Kier alpha value is -7.13. The van der Waals surface area contributed by atoms with Crippen molar-refractivity contribution in [1.29, 1.82) is 0 Å². The summed E-state index contributed by atoms with van der Waals surface area (Å²) in [6, 6.07) is 15.9. The second-order valence-electron chi connectivity index (χ2n) is 17.2. The summed E-state index contributed by atoms with van der Waals surface area (Å²) in [5, 5.41) is 24.9. The number of para-hydroxylation sites is 1. The molecule has 0 spiro atoms. The molecular weight excluding hydrogens is 970 g/mol. The van der Waals surface area contributed by atoms with Gasteiger partial charge in [0.05, 0.1) is 16.9 Å². The average molecular weight is 1030 g/mol. The number of likely N-dealkylation sites (tertiary alicyclic amines) is 2. The number of urea groups is 2. The number of unbranched alkanes of at least 4 members (excludes halogenated alkanes) is 4. The van der Waals surface area contributed by atoms with Crippen LogP contribution in [0.25, 0.3) is 0 Å². The third-order valence-corrected chi connectivity index (χ3v) is 11.5. The van der Waals surface area contributed by atoms with Gasteiger partial charge in [-0.25, -0.2) is 31.9 Å². The van der Waals surface area contributed by atoms with Crippen LogP contribution in [0.15, 0.2) is 91.5 Å². The molecule has 73 heavy (non-hydrogen) atoms. The van der Waals surface area contributed by atoms with Gasteiger partial charge < -0.3 is 41.3 Å². The zero-order valence-electron chi connectivity index (χ0n) is 40.7. The van der Waals surface area contributed by atoms with E-state index in [1.807, 2.05) is 19.4 Å². The second-order valence-corrected chi connectivity index (χ2v) is 17.2. The number of nitrogens with one attached hydrogen (secondary N) is 4. The van der Waals surface area contributed by atoms with Gasteiger partial charge >= 0.3 is 30.2 Å². The van der Waals surface area contributed by atoms with Crippen molar-refractivity contribution in [1.82, 2.24) is 9.80 Å². The first-order valence-electron chi connectivity index (χ1n) is 23.4. The zero-order chi connectivity index (χ0) is 54.3. The van der Waals surface area contributed by atoms with Gasteiger partial charge in [-0.1, -0.05) is 75.6 Å². The Bertz CT molecular complexity index is 2510. The Morgan fingerprint density at radius 3 is 1.51 bits per heavy atom. The number of hydrogen-bond acceptors (Lipinski definition) is 8. The molecule has 0 bridgehead atoms. The van der Waals surface area contributed by atoms with Gasteiger partial charge in [-0.05, 0) is 109 Å². The fraction of sp³-hybridized carbons (Fsp3) is 0.385. The van der Waals surface area contributed by atoms with E-state index in [2.05, 4.69) is 39.3 Å². The fourth-order valence-corrected chi connectivity index (χ4v) is 7.47. The summed E-state index contributed by atoms with van der Waals surface area (Å²) in [5.74, 6) is -9.17. The second kappa shape index (κ2) is 30.0. The Morgan fingerprint density at radius 1 is 0.616 bits per heavy atom. The number of carboxylic acids is 2. The van der Waals surface area contributed by atoms with Crippen LogP contribution in [0.3, 0.4) is 0 Å². The Labute approximate surface area is 419 Å². The van der Waals surface area contributed by atoms with Crippen molar-refractivity contribution in [3.8, 4) is 0 Å². The number of aliphatic carboxylic acids is 2. The number of carbonyl (C=O) groups is 6. The van der Waals surface area contributed by atoms with Crippen LogP contribution in [0.2, 0.25) is 0 Å². The highest BCUT2D eigenvalue weighted by Gasteiger charge is 2.34. The summed E-state index contributed by atoms with van der Waals surface area (Å²) in [6.45, 7) is 8.48. The number of benzene rings is 4. The number of carboxylic acid groups (broad SMARTS) is 2. The van der Waals surface area contributed by atoms with E-state index in [4.69, 9.17) is 10.2 Å². The lowest BCUT2D eigenvalue weighted by atomic mass is 9.89. The SMILES string of the molecule is C=CC(=O)O.CCCCCCCC(=O)O.CN1CCC(C(=O)c2cccc(NC(=O)Nc3cc(F)c(F)c(F)c3F)c2)CC1.CN1CCC(C(=O)c2cccc(NC(=O)Nc3ccccc3C(F)(F)F)c2)CC1. The van der Waals surface area contributed by atoms with E-state index < -0.39 is 64.7 Å². The zero-order valence-corrected chi connectivity index (χ0v) is 40.7. The molecule has 4 aromatic carbocycles. The number of halogens is 7. The molecule has 0 radical (unpaired) electrons. The number of Topliss-reactive ketones (excluding diaryl/α,β-unsaturated/α-hetero) is 2. The third-order valence-electron chi connectivity index (χ3n) is 11.5. The molecule has 2 fully saturated rings. The van der Waals surface area contributed by atoms with Gasteiger partial charge in [0.15, 0.2) is 34.8 Å². The van der Waals surface area contributed by atoms with Crippen molar-refractivity contribution >= 4 is 58.3 Å². The molecule has 0 aromatic heterocycles. The Balaban J connectivity index is 0.000000302. The smallest absolute Gasteiger partial charge is 0.418 e. The molecule has 396 valence electrons. The van der Waals surface area contributed by atoms with Gasteiger partial charge in [0.2, 0.25) is 0 Å². The van der Waals surface area contributed by atoms with Crippen LogP contribution in [-0.2, 0) is 15.8 Å². The van der Waals surface area contributed by atoms with Crippen molar-refractivity contribution in [2.24, 2.45) is 11.8 Å². The first-order valence-corrected chi connectivity index (χ1v) is 23.4. The number of nitrogens with zero attached hydrogens (tertiary/aromatic N) is 2. The van der Waals surface area contributed by atoms with Crippen LogP contribution < -0.4 is 21.3 Å². The number of anilines is 4. The van der Waals surface area contributed by atoms with Crippen LogP contribution in [-0.4, -0.2) is 95.9 Å². The van der Waals surface area contributed by atoms with Gasteiger partial charge in [-0.2, -0.15) is 13.2 Å². The minimum absolute atomic E-state index is 0.0181. The summed E-state index contributed by atoms with van der Waals surface area (Å²) in [5.41, 5.74) is -0.638. The lowest BCUT2D eigenvalue weighted by molar-refractivity contribution is -0.138. The molecule has 0 aliphatic carbocycles. The van der Waals surface area contributed by atoms with Gasteiger partial charge in [-0.15, -0.1) is 0 Å². The van der Waals surface area contributed by atoms with Crippen LogP contribution in [0.1, 0.15) is 97.4 Å². The number of ketones is 2. The number of amides is 4. The molecule has 6 rings (SSSR count). The van der Waals surface area contributed by atoms with Gasteiger partial charge in [0, 0.05) is 52.9 Å². The Kier molecular flexibility index (Phi) is 24.8. The van der Waals surface area contributed by atoms with E-state index >= 15 is 0 Å². The topological polar surface area (TPSA) is 197 Å². The number of carbonyl (C=O) groups excluding carboxylic acids is 4. The molecule has 2 saturated heterocycles. The van der Waals surface area contributed by atoms with Crippen molar-refractivity contribution < 1.29 is 69.7 Å². The highest BCUT2D eigenvalue weighted by atomic mass is 19.4. The van der Waals surface area contributed by atoms with E-state index in [9.17, 15) is 59.5 Å². The molecule has 4 aromatic rings. The number of piperidine rings is 2. The van der Waals surface area contributed by atoms with Crippen LogP contribution in [0.4, 0.5) is 63.1 Å². The van der Waals surface area contributed by atoms with Gasteiger partial charge in [0.25, 0.3) is 0 Å². The van der Waals surface area contributed by atoms with E-state index in [1.165, 1.54) is 49.6 Å². The summed E-state index contributed by atoms with van der Waals surface area (Å²) >= 11 is 0. The van der Waals surface area contributed by atoms with Gasteiger partial charge in [-0.3, -0.25) is 14.4 Å². The standard InChI is InChI=1S/C21H22F3N3O2.C20H19F4N3O2.C8H16O2.C3H4O2/c1-27-11-9-14(10-12-27)19(28)15-5-4-6-16(13-15)25-20(29)26-18-8-3-2-7-17(18)21(22,23)24;1-27-7-5-11(6-8-27)19(28)12-3-2-4-13(9-12)25-20(29)26-15-10-14(21)16(22)18(24)17(15)23;1-2-3-4-5-6-7-8(9)10;1-2-3(4)5/h2-8,13-14H,9-12H2,1H3,(H2,25,26,29);2-4,9-11H,5-8H2,1H3,(H2,25,26,29);2-7H2,1H3,(H,9,10);2H,1H2,(H,4,5). The number of hydrogen-bond donors (Lipinski definition) is 6. The van der Waals surface area contributed by atoms with Crippen molar-refractivity contribution in [3.63, 3.8) is 0 Å². The quantitative estimate of drug-likeness (QED) is 0.0166. The molecule has 6 N–H and O–H groups in total. The van der Waals surface area contributed by atoms with Crippen LogP contribution in [0, 0.1) is 35.1 Å². The third kappa shape index (κ3) is 20.9. The molecule has 2 heterocycles. The van der Waals surface area contributed by atoms with Crippen molar-refractivity contribution in [3.05, 3.63) is 131 Å². The molecular formula is C52H61F7N6O8. The maximum Gasteiger partial charge on any atom is 0.418 e. The fourth-order valence-electron chi connectivity index (χ4n) is 7.47. The summed E-state index contributed by atoms with van der Waals surface area (Å²) < 4.78 is 92.4. The molecule has 2 aliphatic heterocycles. The normalized spacial score (nSPS) is 14.1. The predicted octanol–water partition coefficient (Wildman–Crippen LogP) is 12.0. The molecule has 2 aliphatic rings. The van der Waals surface area contributed by atoms with E-state index in [-0.39, 0.29) is 34.8 Å². The largest absolute Gasteiger partial charge is 0.481 e. The van der Waals surface area contributed by atoms with Crippen molar-refractivity contribution in [2.75, 3.05) is 61.5 Å². The van der Waals surface area contributed by atoms with E-state index in [0.29, 0.717) is 29.3 Å². The lowest BCUT2D eigenvalue weighted by Gasteiger charge is -2.28. The minimum Gasteiger partial charge on any atom is -0.481 e. The first-order chi connectivity index (χ1) is 34.5. The van der Waals surface area contributed by atoms with E-state index in [0.717, 1.165) is 76.8 Å². The van der Waals surface area contributed by atoms with Crippen LogP contribution >= 0.6 is 0 Å². The predicted molar refractivity (Wildman–Crippen MR) is 264 cm³/mol. The summed E-state index contributed by atoms with van der Waals surface area (Å²) in [4.78, 5) is 73.2. The highest BCUT2D eigenvalue weighted by Crippen LogP contribution is 2.35.